The van der Waals surface area contributed by atoms with Crippen LogP contribution in [0.1, 0.15) is 20.8 Å². The fourth-order valence-electron chi connectivity index (χ4n) is 3.09. The summed E-state index contributed by atoms with van der Waals surface area (Å²) in [5, 5.41) is 0. The van der Waals surface area contributed by atoms with Crippen LogP contribution in [0.3, 0.4) is 0 Å². The van der Waals surface area contributed by atoms with E-state index in [1.807, 2.05) is 66.6 Å². The lowest BCUT2D eigenvalue weighted by atomic mass is 10.2. The van der Waals surface area contributed by atoms with Crippen molar-refractivity contribution in [3.05, 3.63) is 41.4 Å². The van der Waals surface area contributed by atoms with Gasteiger partial charge in [0.2, 0.25) is 0 Å². The van der Waals surface area contributed by atoms with Gasteiger partial charge >= 0.3 is 6.09 Å². The van der Waals surface area contributed by atoms with Gasteiger partial charge in [0.1, 0.15) is 11.4 Å². The first-order valence-electron chi connectivity index (χ1n) is 9.39. The third kappa shape index (κ3) is 4.94. The molecule has 0 saturated carbocycles. The Morgan fingerprint density at radius 3 is 2.50 bits per heavy atom. The zero-order valence-electron chi connectivity index (χ0n) is 16.9. The summed E-state index contributed by atoms with van der Waals surface area (Å²) in [7, 11) is 1.65. The van der Waals surface area contributed by atoms with Gasteiger partial charge in [-0.3, -0.25) is 9.47 Å². The van der Waals surface area contributed by atoms with Crippen LogP contribution in [0.2, 0.25) is 0 Å². The number of rotatable bonds is 4. The highest BCUT2D eigenvalue weighted by atomic mass is 32.1. The Hall–Kier alpha value is -2.32. The highest BCUT2D eigenvalue weighted by molar-refractivity contribution is 7.71. The number of aromatic nitrogens is 2. The molecule has 0 N–H and O–H groups in total. The first kappa shape index (κ1) is 20.4. The van der Waals surface area contributed by atoms with Gasteiger partial charge in [0.15, 0.2) is 4.77 Å². The van der Waals surface area contributed by atoms with Crippen molar-refractivity contribution in [1.82, 2.24) is 18.9 Å². The Balaban J connectivity index is 1.61. The van der Waals surface area contributed by atoms with Gasteiger partial charge < -0.3 is 18.9 Å². The minimum Gasteiger partial charge on any atom is -0.497 e. The van der Waals surface area contributed by atoms with E-state index in [2.05, 4.69) is 4.90 Å². The van der Waals surface area contributed by atoms with E-state index in [0.29, 0.717) is 19.8 Å². The lowest BCUT2D eigenvalue weighted by molar-refractivity contribution is 0.0118. The summed E-state index contributed by atoms with van der Waals surface area (Å²) in [6, 6.07) is 7.82. The van der Waals surface area contributed by atoms with E-state index in [1.54, 1.807) is 12.0 Å². The van der Waals surface area contributed by atoms with E-state index in [4.69, 9.17) is 21.7 Å². The van der Waals surface area contributed by atoms with Crippen LogP contribution in [0, 0.1) is 4.77 Å². The molecule has 152 valence electrons. The van der Waals surface area contributed by atoms with Crippen molar-refractivity contribution in [1.29, 1.82) is 0 Å². The molecule has 1 saturated heterocycles. The van der Waals surface area contributed by atoms with Crippen LogP contribution in [0.25, 0.3) is 5.69 Å². The number of amides is 1. The molecular weight excluding hydrogens is 376 g/mol. The molecule has 0 spiro atoms. The number of methoxy groups -OCH3 is 1. The van der Waals surface area contributed by atoms with Crippen molar-refractivity contribution >= 4 is 18.3 Å². The fourth-order valence-corrected chi connectivity index (χ4v) is 3.38. The maximum Gasteiger partial charge on any atom is 0.410 e. The quantitative estimate of drug-likeness (QED) is 0.730. The molecule has 0 atom stereocenters. The Morgan fingerprint density at radius 1 is 1.14 bits per heavy atom. The minimum atomic E-state index is -0.468. The molecule has 0 unspecified atom stereocenters. The number of hydrogen-bond donors (Lipinski definition) is 0. The highest BCUT2D eigenvalue weighted by Crippen LogP contribution is 2.18. The Morgan fingerprint density at radius 2 is 1.86 bits per heavy atom. The molecule has 0 radical (unpaired) electrons. The summed E-state index contributed by atoms with van der Waals surface area (Å²) in [4.78, 5) is 16.2. The van der Waals surface area contributed by atoms with Gasteiger partial charge in [-0.25, -0.2) is 4.79 Å². The molecule has 1 fully saturated rings. The molecule has 1 amide bonds. The molecular formula is C20H28N4O3S. The molecule has 2 aromatic rings. The number of carbonyl (C=O) groups is 1. The summed E-state index contributed by atoms with van der Waals surface area (Å²) in [6.07, 6.45) is 3.71. The molecule has 1 aromatic heterocycles. The third-order valence-corrected chi connectivity index (χ3v) is 4.99. The molecule has 28 heavy (non-hydrogen) atoms. The van der Waals surface area contributed by atoms with Gasteiger partial charge in [-0.1, -0.05) is 6.07 Å². The zero-order valence-corrected chi connectivity index (χ0v) is 17.7. The normalized spacial score (nSPS) is 15.5. The summed E-state index contributed by atoms with van der Waals surface area (Å²) >= 11 is 5.65. The van der Waals surface area contributed by atoms with E-state index in [1.165, 1.54) is 0 Å². The van der Waals surface area contributed by atoms with Crippen LogP contribution in [-0.4, -0.2) is 63.9 Å². The molecule has 7 nitrogen and oxygen atoms in total. The first-order chi connectivity index (χ1) is 13.3. The monoisotopic (exact) mass is 404 g/mol. The molecule has 2 heterocycles. The number of ether oxygens (including phenoxy) is 2. The zero-order chi connectivity index (χ0) is 20.3. The van der Waals surface area contributed by atoms with Gasteiger partial charge in [0.25, 0.3) is 0 Å². The fraction of sp³-hybridized carbons (Fsp3) is 0.500. The second-order valence-electron chi connectivity index (χ2n) is 7.85. The van der Waals surface area contributed by atoms with Gasteiger partial charge in [-0.2, -0.15) is 0 Å². The van der Waals surface area contributed by atoms with Crippen molar-refractivity contribution < 1.29 is 14.3 Å². The van der Waals surface area contributed by atoms with E-state index in [0.717, 1.165) is 29.3 Å². The lowest BCUT2D eigenvalue weighted by Gasteiger charge is -2.35. The maximum atomic E-state index is 12.2. The largest absolute Gasteiger partial charge is 0.497 e. The second-order valence-corrected chi connectivity index (χ2v) is 8.21. The smallest absolute Gasteiger partial charge is 0.410 e. The van der Waals surface area contributed by atoms with Gasteiger partial charge in [0, 0.05) is 44.6 Å². The van der Waals surface area contributed by atoms with E-state index in [9.17, 15) is 4.79 Å². The SMILES string of the molecule is COc1cccc(-n2ccn(CN3CCN(C(=O)OC(C)(C)C)CC3)c2=S)c1. The summed E-state index contributed by atoms with van der Waals surface area (Å²) in [5.74, 6) is 0.797. The van der Waals surface area contributed by atoms with Crippen molar-refractivity contribution in [2.24, 2.45) is 0 Å². The van der Waals surface area contributed by atoms with Crippen molar-refractivity contribution in [2.45, 2.75) is 33.0 Å². The van der Waals surface area contributed by atoms with Crippen LogP contribution in [-0.2, 0) is 11.4 Å². The minimum absolute atomic E-state index is 0.243. The molecule has 3 rings (SSSR count). The molecule has 0 bridgehead atoms. The van der Waals surface area contributed by atoms with Crippen LogP contribution in [0.15, 0.2) is 36.7 Å². The topological polar surface area (TPSA) is 51.9 Å². The van der Waals surface area contributed by atoms with Crippen molar-refractivity contribution in [2.75, 3.05) is 33.3 Å². The van der Waals surface area contributed by atoms with Crippen LogP contribution in [0.5, 0.6) is 5.75 Å². The number of benzene rings is 1. The average Bonchev–Trinajstić information content (AvgIpc) is 3.01. The highest BCUT2D eigenvalue weighted by Gasteiger charge is 2.25. The summed E-state index contributed by atoms with van der Waals surface area (Å²) in [6.45, 7) is 9.22. The Labute approximate surface area is 171 Å². The maximum absolute atomic E-state index is 12.2. The molecule has 8 heteroatoms. The number of imidazole rings is 1. The molecule has 1 aliphatic rings. The summed E-state index contributed by atoms with van der Waals surface area (Å²) < 4.78 is 15.5. The van der Waals surface area contributed by atoms with Gasteiger partial charge in [-0.05, 0) is 45.1 Å². The molecule has 0 aliphatic carbocycles. The van der Waals surface area contributed by atoms with Crippen molar-refractivity contribution in [3.63, 3.8) is 0 Å². The molecule has 1 aromatic carbocycles. The Bertz CT molecular complexity index is 876. The predicted octanol–water partition coefficient (Wildman–Crippen LogP) is 3.53. The van der Waals surface area contributed by atoms with Crippen LogP contribution in [0.4, 0.5) is 4.79 Å². The van der Waals surface area contributed by atoms with E-state index in [-0.39, 0.29) is 6.09 Å². The third-order valence-electron chi connectivity index (χ3n) is 4.56. The van der Waals surface area contributed by atoms with E-state index >= 15 is 0 Å². The van der Waals surface area contributed by atoms with Crippen LogP contribution >= 0.6 is 12.2 Å². The molecule has 1 aliphatic heterocycles. The average molecular weight is 405 g/mol. The lowest BCUT2D eigenvalue weighted by Crippen LogP contribution is -2.50. The predicted molar refractivity (Wildman–Crippen MR) is 111 cm³/mol. The number of hydrogen-bond acceptors (Lipinski definition) is 5. The van der Waals surface area contributed by atoms with Gasteiger partial charge in [-0.15, -0.1) is 0 Å². The first-order valence-corrected chi connectivity index (χ1v) is 9.80. The number of nitrogens with zero attached hydrogens (tertiary/aromatic N) is 4. The summed E-state index contributed by atoms with van der Waals surface area (Å²) in [5.41, 5.74) is 0.502. The van der Waals surface area contributed by atoms with E-state index < -0.39 is 5.60 Å². The van der Waals surface area contributed by atoms with Gasteiger partial charge in [0.05, 0.1) is 19.5 Å². The van der Waals surface area contributed by atoms with Crippen molar-refractivity contribution in [3.8, 4) is 11.4 Å². The number of carbonyl (C=O) groups excluding carboxylic acids is 1. The van der Waals surface area contributed by atoms with Crippen LogP contribution < -0.4 is 4.74 Å². The number of piperazine rings is 1. The second kappa shape index (κ2) is 8.36. The standard InChI is InChI=1S/C20H28N4O3S/c1-20(2,3)27-19(25)22-10-8-21(9-11-22)15-23-12-13-24(18(23)28)16-6-5-7-17(14-16)26-4/h5-7,12-14H,8-11,15H2,1-4H3. The Kier molecular flexibility index (Phi) is 6.10.